The lowest BCUT2D eigenvalue weighted by molar-refractivity contribution is -0.137. The molecule has 0 radical (unpaired) electrons. The fourth-order valence-corrected chi connectivity index (χ4v) is 2.82. The molecular formula is C13H18F3NO2S. The van der Waals surface area contributed by atoms with Gasteiger partial charge in [-0.25, -0.2) is 8.42 Å². The molecule has 1 aromatic rings. The average Bonchev–Trinajstić information content (AvgIpc) is 2.35. The van der Waals surface area contributed by atoms with Crippen LogP contribution in [0, 0.1) is 0 Å². The van der Waals surface area contributed by atoms with Crippen LogP contribution < -0.4 is 5.32 Å². The van der Waals surface area contributed by atoms with Crippen molar-refractivity contribution in [2.45, 2.75) is 32.6 Å². The van der Waals surface area contributed by atoms with Crippen molar-refractivity contribution in [3.8, 4) is 0 Å². The molecular weight excluding hydrogens is 291 g/mol. The van der Waals surface area contributed by atoms with E-state index in [0.29, 0.717) is 5.56 Å². The third-order valence-electron chi connectivity index (χ3n) is 2.85. The standard InChI is InChI=1S/C13H18F3NO2S/c1-3-20(18,19)9-10(2)17-8-11-5-4-6-12(7-11)13(14,15)16/h4-7,10,17H,3,8-9H2,1-2H3. The molecule has 0 heterocycles. The third-order valence-corrected chi connectivity index (χ3v) is 4.74. The largest absolute Gasteiger partial charge is 0.416 e. The molecule has 0 aliphatic heterocycles. The summed E-state index contributed by atoms with van der Waals surface area (Å²) in [7, 11) is -3.10. The van der Waals surface area contributed by atoms with Gasteiger partial charge >= 0.3 is 6.18 Å². The Kier molecular flexibility index (Phi) is 5.59. The quantitative estimate of drug-likeness (QED) is 0.878. The van der Waals surface area contributed by atoms with Gasteiger partial charge in [0.2, 0.25) is 0 Å². The van der Waals surface area contributed by atoms with Crippen molar-refractivity contribution in [3.63, 3.8) is 0 Å². The van der Waals surface area contributed by atoms with E-state index in [1.807, 2.05) is 0 Å². The van der Waals surface area contributed by atoms with Crippen molar-refractivity contribution in [1.82, 2.24) is 5.32 Å². The summed E-state index contributed by atoms with van der Waals surface area (Å²) in [5, 5.41) is 2.92. The lowest BCUT2D eigenvalue weighted by atomic mass is 10.1. The molecule has 7 heteroatoms. The number of rotatable bonds is 6. The number of hydrogen-bond donors (Lipinski definition) is 1. The van der Waals surface area contributed by atoms with Crippen molar-refractivity contribution < 1.29 is 21.6 Å². The van der Waals surface area contributed by atoms with Gasteiger partial charge in [0.15, 0.2) is 9.84 Å². The maximum absolute atomic E-state index is 12.5. The number of nitrogens with one attached hydrogen (secondary N) is 1. The third kappa shape index (κ3) is 5.50. The van der Waals surface area contributed by atoms with E-state index in [1.54, 1.807) is 19.9 Å². The Morgan fingerprint density at radius 2 is 1.95 bits per heavy atom. The summed E-state index contributed by atoms with van der Waals surface area (Å²) in [5.74, 6) is 0.0328. The van der Waals surface area contributed by atoms with Crippen molar-refractivity contribution in [2.24, 2.45) is 0 Å². The van der Waals surface area contributed by atoms with Crippen LogP contribution in [0.3, 0.4) is 0 Å². The monoisotopic (exact) mass is 309 g/mol. The molecule has 0 fully saturated rings. The zero-order valence-electron chi connectivity index (χ0n) is 11.4. The van der Waals surface area contributed by atoms with E-state index >= 15 is 0 Å². The van der Waals surface area contributed by atoms with Gasteiger partial charge in [-0.15, -0.1) is 0 Å². The van der Waals surface area contributed by atoms with E-state index in [2.05, 4.69) is 5.32 Å². The minimum Gasteiger partial charge on any atom is -0.309 e. The summed E-state index contributed by atoms with van der Waals surface area (Å²) in [6.07, 6.45) is -4.37. The van der Waals surface area contributed by atoms with E-state index in [9.17, 15) is 21.6 Å². The van der Waals surface area contributed by atoms with Crippen LogP contribution in [0.2, 0.25) is 0 Å². The second kappa shape index (κ2) is 6.58. The molecule has 1 atom stereocenters. The second-order valence-electron chi connectivity index (χ2n) is 4.68. The molecule has 20 heavy (non-hydrogen) atoms. The van der Waals surface area contributed by atoms with Crippen LogP contribution in [0.1, 0.15) is 25.0 Å². The van der Waals surface area contributed by atoms with E-state index in [1.165, 1.54) is 6.07 Å². The van der Waals surface area contributed by atoms with Gasteiger partial charge in [0.25, 0.3) is 0 Å². The molecule has 1 N–H and O–H groups in total. The number of alkyl halides is 3. The molecule has 1 unspecified atom stereocenters. The Morgan fingerprint density at radius 3 is 2.50 bits per heavy atom. The Hall–Kier alpha value is -1.08. The number of halogens is 3. The molecule has 0 aliphatic carbocycles. The zero-order valence-corrected chi connectivity index (χ0v) is 12.2. The molecule has 0 saturated heterocycles. The highest BCUT2D eigenvalue weighted by molar-refractivity contribution is 7.91. The van der Waals surface area contributed by atoms with Crippen molar-refractivity contribution >= 4 is 9.84 Å². The summed E-state index contributed by atoms with van der Waals surface area (Å²) in [4.78, 5) is 0. The van der Waals surface area contributed by atoms with Gasteiger partial charge in [-0.3, -0.25) is 0 Å². The predicted octanol–water partition coefficient (Wildman–Crippen LogP) is 2.62. The normalized spacial score (nSPS) is 14.2. The minimum atomic E-state index is -4.37. The Morgan fingerprint density at radius 1 is 1.30 bits per heavy atom. The highest BCUT2D eigenvalue weighted by Crippen LogP contribution is 2.29. The van der Waals surface area contributed by atoms with E-state index in [4.69, 9.17) is 0 Å². The highest BCUT2D eigenvalue weighted by Gasteiger charge is 2.30. The van der Waals surface area contributed by atoms with Crippen LogP contribution in [0.15, 0.2) is 24.3 Å². The first-order valence-corrected chi connectivity index (χ1v) is 8.06. The van der Waals surface area contributed by atoms with Gasteiger partial charge in [0, 0.05) is 18.3 Å². The number of benzene rings is 1. The molecule has 114 valence electrons. The van der Waals surface area contributed by atoms with Crippen LogP contribution in [-0.4, -0.2) is 26.0 Å². The first-order valence-electron chi connectivity index (χ1n) is 6.24. The molecule has 0 aromatic heterocycles. The van der Waals surface area contributed by atoms with E-state index in [0.717, 1.165) is 12.1 Å². The maximum Gasteiger partial charge on any atom is 0.416 e. The molecule has 1 aromatic carbocycles. The Bertz CT molecular complexity index is 541. The summed E-state index contributed by atoms with van der Waals surface area (Å²) in [6.45, 7) is 3.46. The van der Waals surface area contributed by atoms with Gasteiger partial charge in [-0.2, -0.15) is 13.2 Å². The molecule has 0 amide bonds. The van der Waals surface area contributed by atoms with Gasteiger partial charge in [0.05, 0.1) is 11.3 Å². The summed E-state index contributed by atoms with van der Waals surface area (Å²) in [6, 6.07) is 4.67. The average molecular weight is 309 g/mol. The molecule has 0 saturated carbocycles. The summed E-state index contributed by atoms with van der Waals surface area (Å²) in [5.41, 5.74) is -0.230. The maximum atomic E-state index is 12.5. The lowest BCUT2D eigenvalue weighted by Crippen LogP contribution is -2.33. The molecule has 3 nitrogen and oxygen atoms in total. The molecule has 0 bridgehead atoms. The topological polar surface area (TPSA) is 46.2 Å². The van der Waals surface area contributed by atoms with Crippen LogP contribution in [0.25, 0.3) is 0 Å². The SMILES string of the molecule is CCS(=O)(=O)CC(C)NCc1cccc(C(F)(F)F)c1. The Balaban J connectivity index is 2.62. The number of sulfone groups is 1. The Labute approximate surface area is 117 Å². The molecule has 0 spiro atoms. The summed E-state index contributed by atoms with van der Waals surface area (Å²) >= 11 is 0. The lowest BCUT2D eigenvalue weighted by Gasteiger charge is -2.14. The second-order valence-corrected chi connectivity index (χ2v) is 7.08. The number of hydrogen-bond acceptors (Lipinski definition) is 3. The van der Waals surface area contributed by atoms with Gasteiger partial charge in [0.1, 0.15) is 0 Å². The first-order chi connectivity index (χ1) is 9.14. The van der Waals surface area contributed by atoms with Crippen molar-refractivity contribution in [2.75, 3.05) is 11.5 Å². The van der Waals surface area contributed by atoms with Gasteiger partial charge in [-0.1, -0.05) is 25.1 Å². The van der Waals surface area contributed by atoms with Crippen LogP contribution in [-0.2, 0) is 22.6 Å². The van der Waals surface area contributed by atoms with Crippen LogP contribution >= 0.6 is 0 Å². The first kappa shape index (κ1) is 17.0. The predicted molar refractivity (Wildman–Crippen MR) is 72.1 cm³/mol. The smallest absolute Gasteiger partial charge is 0.309 e. The van der Waals surface area contributed by atoms with Crippen molar-refractivity contribution in [3.05, 3.63) is 35.4 Å². The van der Waals surface area contributed by atoms with E-state index in [-0.39, 0.29) is 24.1 Å². The molecule has 1 rings (SSSR count). The van der Waals surface area contributed by atoms with Gasteiger partial charge < -0.3 is 5.32 Å². The van der Waals surface area contributed by atoms with Crippen molar-refractivity contribution in [1.29, 1.82) is 0 Å². The highest BCUT2D eigenvalue weighted by atomic mass is 32.2. The fourth-order valence-electron chi connectivity index (χ4n) is 1.71. The summed E-state index contributed by atoms with van der Waals surface area (Å²) < 4.78 is 60.4. The zero-order chi connectivity index (χ0) is 15.4. The minimum absolute atomic E-state index is 0.0253. The molecule has 0 aliphatic rings. The fraction of sp³-hybridized carbons (Fsp3) is 0.538. The van der Waals surface area contributed by atoms with Crippen LogP contribution in [0.4, 0.5) is 13.2 Å². The van der Waals surface area contributed by atoms with Crippen LogP contribution in [0.5, 0.6) is 0 Å². The van der Waals surface area contributed by atoms with E-state index < -0.39 is 21.6 Å². The van der Waals surface area contributed by atoms with Gasteiger partial charge in [-0.05, 0) is 18.6 Å².